The van der Waals surface area contributed by atoms with Gasteiger partial charge in [0.15, 0.2) is 17.8 Å². The molecule has 0 aliphatic carbocycles. The van der Waals surface area contributed by atoms with Crippen LogP contribution in [0.15, 0.2) is 10.8 Å². The molecule has 0 bridgehead atoms. The van der Waals surface area contributed by atoms with E-state index in [0.29, 0.717) is 13.0 Å². The maximum atomic E-state index is 10.7. The molecule has 0 radical (unpaired) electrons. The number of carbonyl (C=O) groups is 1. The molecule has 0 spiro atoms. The largest absolute Gasteiger partial charge is 0.476 e. The predicted octanol–water partition coefficient (Wildman–Crippen LogP) is 0.409. The fourth-order valence-electron chi connectivity index (χ4n) is 1.05. The first-order valence-electron chi connectivity index (χ1n) is 4.08. The molecule has 0 amide bonds. The molecule has 1 atom stereocenters. The molecule has 1 aromatic heterocycles. The van der Waals surface area contributed by atoms with Crippen LogP contribution in [0.2, 0.25) is 0 Å². The third-order valence-electron chi connectivity index (χ3n) is 1.77. The first kappa shape index (κ1) is 10.7. The molecule has 6 heteroatoms. The van der Waals surface area contributed by atoms with Gasteiger partial charge in [-0.2, -0.15) is 0 Å². The van der Waals surface area contributed by atoms with Crippen LogP contribution < -0.4 is 5.73 Å². The maximum Gasteiger partial charge on any atom is 0.358 e. The molecule has 0 aliphatic rings. The monoisotopic (exact) mass is 200 g/mol. The molecule has 0 fully saturated rings. The molecule has 0 aromatic carbocycles. The molecule has 6 nitrogen and oxygen atoms in total. The summed E-state index contributed by atoms with van der Waals surface area (Å²) < 4.78 is 9.73. The highest BCUT2D eigenvalue weighted by Gasteiger charge is 2.20. The molecule has 78 valence electrons. The van der Waals surface area contributed by atoms with Crippen molar-refractivity contribution in [1.29, 1.82) is 0 Å². The summed E-state index contributed by atoms with van der Waals surface area (Å²) in [6, 6.07) is -0.497. The topological polar surface area (TPSA) is 98.6 Å². The molecule has 1 heterocycles. The van der Waals surface area contributed by atoms with Gasteiger partial charge in [-0.25, -0.2) is 9.78 Å². The number of nitrogens with two attached hydrogens (primary N) is 1. The Kier molecular flexibility index (Phi) is 3.61. The van der Waals surface area contributed by atoms with Crippen molar-refractivity contribution in [2.75, 3.05) is 13.7 Å². The van der Waals surface area contributed by atoms with Crippen molar-refractivity contribution in [3.05, 3.63) is 17.8 Å². The van der Waals surface area contributed by atoms with Gasteiger partial charge in [0.25, 0.3) is 0 Å². The van der Waals surface area contributed by atoms with E-state index in [2.05, 4.69) is 4.98 Å². The van der Waals surface area contributed by atoms with E-state index in [-0.39, 0.29) is 11.5 Å². The van der Waals surface area contributed by atoms with Gasteiger partial charge in [-0.1, -0.05) is 0 Å². The minimum absolute atomic E-state index is 0.131. The number of aromatic carboxylic acids is 1. The smallest absolute Gasteiger partial charge is 0.358 e. The van der Waals surface area contributed by atoms with Crippen LogP contribution in [-0.2, 0) is 4.74 Å². The number of hydrogen-bond acceptors (Lipinski definition) is 5. The van der Waals surface area contributed by atoms with Gasteiger partial charge in [-0.3, -0.25) is 0 Å². The van der Waals surface area contributed by atoms with E-state index in [0.717, 1.165) is 6.39 Å². The van der Waals surface area contributed by atoms with E-state index in [1.54, 1.807) is 7.11 Å². The summed E-state index contributed by atoms with van der Waals surface area (Å²) in [7, 11) is 1.55. The molecular weight excluding hydrogens is 188 g/mol. The molecule has 3 N–H and O–H groups in total. The summed E-state index contributed by atoms with van der Waals surface area (Å²) in [6.45, 7) is 0.445. The molecule has 14 heavy (non-hydrogen) atoms. The Balaban J connectivity index is 2.73. The first-order valence-corrected chi connectivity index (χ1v) is 4.08. The highest BCUT2D eigenvalue weighted by Crippen LogP contribution is 2.17. The molecule has 1 rings (SSSR count). The summed E-state index contributed by atoms with van der Waals surface area (Å²) in [6.07, 6.45) is 1.57. The van der Waals surface area contributed by atoms with Crippen molar-refractivity contribution < 1.29 is 19.1 Å². The van der Waals surface area contributed by atoms with E-state index in [1.807, 2.05) is 0 Å². The van der Waals surface area contributed by atoms with Crippen molar-refractivity contribution in [2.24, 2.45) is 5.73 Å². The zero-order valence-corrected chi connectivity index (χ0v) is 7.77. The highest BCUT2D eigenvalue weighted by atomic mass is 16.5. The van der Waals surface area contributed by atoms with E-state index in [9.17, 15) is 4.79 Å². The minimum Gasteiger partial charge on any atom is -0.476 e. The van der Waals surface area contributed by atoms with E-state index < -0.39 is 12.0 Å². The van der Waals surface area contributed by atoms with Crippen LogP contribution in [0.1, 0.15) is 28.7 Å². The first-order chi connectivity index (χ1) is 6.66. The van der Waals surface area contributed by atoms with Crippen LogP contribution in [0, 0.1) is 0 Å². The average Bonchev–Trinajstić information content (AvgIpc) is 2.62. The summed E-state index contributed by atoms with van der Waals surface area (Å²) >= 11 is 0. The Morgan fingerprint density at radius 2 is 2.57 bits per heavy atom. The second-order valence-corrected chi connectivity index (χ2v) is 2.76. The Morgan fingerprint density at radius 3 is 3.14 bits per heavy atom. The van der Waals surface area contributed by atoms with Gasteiger partial charge in [0.2, 0.25) is 0 Å². The van der Waals surface area contributed by atoms with Crippen LogP contribution in [0.4, 0.5) is 0 Å². The molecule has 1 unspecified atom stereocenters. The molecule has 0 aliphatic heterocycles. The quantitative estimate of drug-likeness (QED) is 0.714. The second kappa shape index (κ2) is 4.73. The fourth-order valence-corrected chi connectivity index (χ4v) is 1.05. The summed E-state index contributed by atoms with van der Waals surface area (Å²) in [5.74, 6) is -0.948. The zero-order valence-electron chi connectivity index (χ0n) is 7.77. The van der Waals surface area contributed by atoms with Gasteiger partial charge in [-0.15, -0.1) is 0 Å². The number of aromatic nitrogens is 1. The minimum atomic E-state index is -1.14. The van der Waals surface area contributed by atoms with Gasteiger partial charge in [0.05, 0.1) is 6.04 Å². The Labute approximate surface area is 80.7 Å². The van der Waals surface area contributed by atoms with Crippen molar-refractivity contribution in [3.8, 4) is 0 Å². The lowest BCUT2D eigenvalue weighted by Crippen LogP contribution is -2.15. The Bertz CT molecular complexity index is 310. The van der Waals surface area contributed by atoms with Gasteiger partial charge in [0.1, 0.15) is 0 Å². The summed E-state index contributed by atoms with van der Waals surface area (Å²) in [5.41, 5.74) is 5.56. The standard InChI is InChI=1S/C8H12N2O4/c1-13-3-2-5(9)7-6(8(11)12)10-4-14-7/h4-5H,2-3,9H2,1H3,(H,11,12). The van der Waals surface area contributed by atoms with Crippen molar-refractivity contribution in [3.63, 3.8) is 0 Å². The van der Waals surface area contributed by atoms with E-state index >= 15 is 0 Å². The third kappa shape index (κ3) is 2.30. The lowest BCUT2D eigenvalue weighted by atomic mass is 10.1. The molecular formula is C8H12N2O4. The lowest BCUT2D eigenvalue weighted by molar-refractivity contribution is 0.0687. The predicted molar refractivity (Wildman–Crippen MR) is 46.9 cm³/mol. The molecule has 1 aromatic rings. The number of oxazole rings is 1. The van der Waals surface area contributed by atoms with Crippen LogP contribution in [0.3, 0.4) is 0 Å². The number of methoxy groups -OCH3 is 1. The summed E-state index contributed by atoms with van der Waals surface area (Å²) in [4.78, 5) is 14.2. The number of hydrogen-bond donors (Lipinski definition) is 2. The van der Waals surface area contributed by atoms with Crippen molar-refractivity contribution >= 4 is 5.97 Å². The van der Waals surface area contributed by atoms with Crippen molar-refractivity contribution in [1.82, 2.24) is 4.98 Å². The normalized spacial score (nSPS) is 12.7. The van der Waals surface area contributed by atoms with Crippen LogP contribution in [0.5, 0.6) is 0 Å². The van der Waals surface area contributed by atoms with Crippen molar-refractivity contribution in [2.45, 2.75) is 12.5 Å². The van der Waals surface area contributed by atoms with Gasteiger partial charge in [-0.05, 0) is 6.42 Å². The highest BCUT2D eigenvalue weighted by molar-refractivity contribution is 5.86. The third-order valence-corrected chi connectivity index (χ3v) is 1.77. The van der Waals surface area contributed by atoms with Crippen LogP contribution >= 0.6 is 0 Å². The Hall–Kier alpha value is -1.40. The van der Waals surface area contributed by atoms with E-state index in [4.69, 9.17) is 20.0 Å². The second-order valence-electron chi connectivity index (χ2n) is 2.76. The van der Waals surface area contributed by atoms with E-state index in [1.165, 1.54) is 0 Å². The number of carboxylic acids is 1. The van der Waals surface area contributed by atoms with Crippen LogP contribution in [0.25, 0.3) is 0 Å². The Morgan fingerprint density at radius 1 is 1.86 bits per heavy atom. The lowest BCUT2D eigenvalue weighted by Gasteiger charge is -2.07. The zero-order chi connectivity index (χ0) is 10.6. The van der Waals surface area contributed by atoms with Gasteiger partial charge in [0, 0.05) is 13.7 Å². The number of carboxylic acid groups (broad SMARTS) is 1. The summed E-state index contributed by atoms with van der Waals surface area (Å²) in [5, 5.41) is 8.72. The SMILES string of the molecule is COCCC(N)c1ocnc1C(=O)O. The number of rotatable bonds is 5. The van der Waals surface area contributed by atoms with Gasteiger partial charge >= 0.3 is 5.97 Å². The van der Waals surface area contributed by atoms with Crippen LogP contribution in [-0.4, -0.2) is 29.8 Å². The van der Waals surface area contributed by atoms with Gasteiger partial charge < -0.3 is 20.0 Å². The molecule has 0 saturated carbocycles. The number of nitrogens with zero attached hydrogens (tertiary/aromatic N) is 1. The maximum absolute atomic E-state index is 10.7. The number of ether oxygens (including phenoxy) is 1. The fraction of sp³-hybridized carbons (Fsp3) is 0.500. The average molecular weight is 200 g/mol. The molecule has 0 saturated heterocycles.